The van der Waals surface area contributed by atoms with Gasteiger partial charge in [0.1, 0.15) is 6.10 Å². The third-order valence-electron chi connectivity index (χ3n) is 3.63. The molecule has 1 heterocycles. The monoisotopic (exact) mass is 251 g/mol. The first kappa shape index (κ1) is 13.1. The third kappa shape index (κ3) is 2.75. The number of hydrogen-bond donors (Lipinski definition) is 0. The molecule has 0 bridgehead atoms. The van der Waals surface area contributed by atoms with E-state index in [-0.39, 0.29) is 17.3 Å². The van der Waals surface area contributed by atoms with Crippen molar-refractivity contribution in [1.29, 1.82) is 0 Å². The minimum Gasteiger partial charge on any atom is -0.373 e. The van der Waals surface area contributed by atoms with Crippen molar-refractivity contribution in [3.8, 4) is 0 Å². The molecule has 0 spiro atoms. The van der Waals surface area contributed by atoms with E-state index in [1.165, 1.54) is 25.8 Å². The van der Waals surface area contributed by atoms with E-state index in [1.807, 2.05) is 0 Å². The van der Waals surface area contributed by atoms with E-state index in [9.17, 15) is 9.18 Å². The standard InChI is InChI=1S/C14H18FNO2/c1-18-14(10-5-3-2-4-6-10)13(17)11-7-8-16-9-12(11)15/h7-10,14H,2-6H2,1H3. The predicted molar refractivity (Wildman–Crippen MR) is 65.9 cm³/mol. The van der Waals surface area contributed by atoms with Crippen molar-refractivity contribution < 1.29 is 13.9 Å². The number of nitrogens with zero attached hydrogens (tertiary/aromatic N) is 1. The van der Waals surface area contributed by atoms with Gasteiger partial charge < -0.3 is 4.74 Å². The second kappa shape index (κ2) is 6.05. The molecule has 0 aliphatic heterocycles. The van der Waals surface area contributed by atoms with Crippen LogP contribution in [0.4, 0.5) is 4.39 Å². The highest BCUT2D eigenvalue weighted by molar-refractivity contribution is 5.99. The number of carbonyl (C=O) groups is 1. The summed E-state index contributed by atoms with van der Waals surface area (Å²) < 4.78 is 18.9. The van der Waals surface area contributed by atoms with Gasteiger partial charge in [-0.2, -0.15) is 0 Å². The van der Waals surface area contributed by atoms with Gasteiger partial charge >= 0.3 is 0 Å². The summed E-state index contributed by atoms with van der Waals surface area (Å²) in [5.41, 5.74) is 0.0856. The molecule has 0 N–H and O–H groups in total. The van der Waals surface area contributed by atoms with E-state index < -0.39 is 11.9 Å². The van der Waals surface area contributed by atoms with Gasteiger partial charge in [-0.25, -0.2) is 4.39 Å². The number of rotatable bonds is 4. The molecule has 1 fully saturated rings. The summed E-state index contributed by atoms with van der Waals surface area (Å²) in [4.78, 5) is 16.0. The van der Waals surface area contributed by atoms with Crippen molar-refractivity contribution in [3.63, 3.8) is 0 Å². The van der Waals surface area contributed by atoms with Crippen LogP contribution in [0.5, 0.6) is 0 Å². The maximum absolute atomic E-state index is 13.6. The zero-order valence-corrected chi connectivity index (χ0v) is 10.6. The highest BCUT2D eigenvalue weighted by Crippen LogP contribution is 2.29. The molecule has 1 atom stereocenters. The number of ketones is 1. The number of carbonyl (C=O) groups excluding carboxylic acids is 1. The Morgan fingerprint density at radius 3 is 2.78 bits per heavy atom. The highest BCUT2D eigenvalue weighted by atomic mass is 19.1. The van der Waals surface area contributed by atoms with Crippen LogP contribution in [-0.2, 0) is 4.74 Å². The molecule has 0 saturated heterocycles. The van der Waals surface area contributed by atoms with Crippen molar-refractivity contribution in [2.75, 3.05) is 7.11 Å². The smallest absolute Gasteiger partial charge is 0.194 e. The zero-order valence-electron chi connectivity index (χ0n) is 10.6. The molecule has 4 heteroatoms. The Kier molecular flexibility index (Phi) is 4.42. The summed E-state index contributed by atoms with van der Waals surface area (Å²) in [6, 6.07) is 1.42. The minimum absolute atomic E-state index is 0.0856. The Morgan fingerprint density at radius 2 is 2.17 bits per heavy atom. The topological polar surface area (TPSA) is 39.2 Å². The fourth-order valence-corrected chi connectivity index (χ4v) is 2.68. The normalized spacial score (nSPS) is 18.6. The van der Waals surface area contributed by atoms with Crippen LogP contribution < -0.4 is 0 Å². The molecule has 1 aliphatic carbocycles. The van der Waals surface area contributed by atoms with Crippen molar-refractivity contribution in [3.05, 3.63) is 29.8 Å². The van der Waals surface area contributed by atoms with E-state index in [0.717, 1.165) is 31.9 Å². The van der Waals surface area contributed by atoms with E-state index in [2.05, 4.69) is 4.98 Å². The summed E-state index contributed by atoms with van der Waals surface area (Å²) >= 11 is 0. The van der Waals surface area contributed by atoms with Gasteiger partial charge in [0.15, 0.2) is 11.6 Å². The number of Topliss-reactive ketones (excluding diaryl/α,β-unsaturated/α-hetero) is 1. The average Bonchev–Trinajstić information content (AvgIpc) is 2.41. The summed E-state index contributed by atoms with van der Waals surface area (Å²) in [6.45, 7) is 0. The molecule has 1 unspecified atom stereocenters. The predicted octanol–water partition coefficient (Wildman–Crippen LogP) is 3.00. The molecule has 1 aliphatic rings. The first-order valence-corrected chi connectivity index (χ1v) is 6.40. The number of pyridine rings is 1. The fourth-order valence-electron chi connectivity index (χ4n) is 2.68. The molecule has 1 aromatic rings. The maximum atomic E-state index is 13.6. The van der Waals surface area contributed by atoms with Gasteiger partial charge in [-0.05, 0) is 24.8 Å². The molecule has 0 radical (unpaired) electrons. The van der Waals surface area contributed by atoms with Crippen LogP contribution in [0, 0.1) is 11.7 Å². The second-order valence-electron chi connectivity index (χ2n) is 4.77. The molecule has 3 nitrogen and oxygen atoms in total. The van der Waals surface area contributed by atoms with Gasteiger partial charge in [0, 0.05) is 13.3 Å². The van der Waals surface area contributed by atoms with Gasteiger partial charge in [0.05, 0.1) is 11.8 Å². The summed E-state index contributed by atoms with van der Waals surface area (Å²) in [5.74, 6) is -0.617. The average molecular weight is 251 g/mol. The molecular formula is C14H18FNO2. The molecule has 98 valence electrons. The summed E-state index contributed by atoms with van der Waals surface area (Å²) in [7, 11) is 1.52. The Morgan fingerprint density at radius 1 is 1.44 bits per heavy atom. The lowest BCUT2D eigenvalue weighted by molar-refractivity contribution is 0.0311. The van der Waals surface area contributed by atoms with Crippen molar-refractivity contribution in [2.24, 2.45) is 5.92 Å². The summed E-state index contributed by atoms with van der Waals surface area (Å²) in [6.07, 6.45) is 7.40. The lowest BCUT2D eigenvalue weighted by Crippen LogP contribution is -2.33. The number of halogens is 1. The highest BCUT2D eigenvalue weighted by Gasteiger charge is 2.31. The minimum atomic E-state index is -0.569. The summed E-state index contributed by atoms with van der Waals surface area (Å²) in [5, 5.41) is 0. The van der Waals surface area contributed by atoms with Crippen LogP contribution in [0.1, 0.15) is 42.5 Å². The molecule has 1 saturated carbocycles. The molecule has 0 aromatic carbocycles. The zero-order chi connectivity index (χ0) is 13.0. The Bertz CT molecular complexity index is 416. The van der Waals surface area contributed by atoms with E-state index in [0.29, 0.717) is 0 Å². The second-order valence-corrected chi connectivity index (χ2v) is 4.77. The largest absolute Gasteiger partial charge is 0.373 e. The SMILES string of the molecule is COC(C(=O)c1ccncc1F)C1CCCCC1. The number of hydrogen-bond acceptors (Lipinski definition) is 3. The van der Waals surface area contributed by atoms with Gasteiger partial charge in [0.25, 0.3) is 0 Å². The van der Waals surface area contributed by atoms with Gasteiger partial charge in [-0.3, -0.25) is 9.78 Å². The van der Waals surface area contributed by atoms with Crippen LogP contribution in [-0.4, -0.2) is 24.0 Å². The van der Waals surface area contributed by atoms with Crippen LogP contribution in [0.2, 0.25) is 0 Å². The number of methoxy groups -OCH3 is 1. The van der Waals surface area contributed by atoms with E-state index in [4.69, 9.17) is 4.74 Å². The quantitative estimate of drug-likeness (QED) is 0.772. The Labute approximate surface area is 106 Å². The number of aromatic nitrogens is 1. The molecule has 18 heavy (non-hydrogen) atoms. The Hall–Kier alpha value is -1.29. The molecular weight excluding hydrogens is 233 g/mol. The van der Waals surface area contributed by atoms with Crippen LogP contribution in [0.15, 0.2) is 18.5 Å². The van der Waals surface area contributed by atoms with Gasteiger partial charge in [0.2, 0.25) is 0 Å². The lowest BCUT2D eigenvalue weighted by atomic mass is 9.82. The fraction of sp³-hybridized carbons (Fsp3) is 0.571. The molecule has 0 amide bonds. The molecule has 1 aromatic heterocycles. The van der Waals surface area contributed by atoms with Crippen LogP contribution in [0.25, 0.3) is 0 Å². The number of ether oxygens (including phenoxy) is 1. The van der Waals surface area contributed by atoms with Crippen molar-refractivity contribution in [2.45, 2.75) is 38.2 Å². The third-order valence-corrected chi connectivity index (χ3v) is 3.63. The molecule has 2 rings (SSSR count). The van der Waals surface area contributed by atoms with Crippen molar-refractivity contribution in [1.82, 2.24) is 4.98 Å². The van der Waals surface area contributed by atoms with Crippen molar-refractivity contribution >= 4 is 5.78 Å². The van der Waals surface area contributed by atoms with Crippen LogP contribution in [0.3, 0.4) is 0 Å². The van der Waals surface area contributed by atoms with Gasteiger partial charge in [-0.1, -0.05) is 19.3 Å². The lowest BCUT2D eigenvalue weighted by Gasteiger charge is -2.28. The van der Waals surface area contributed by atoms with Crippen LogP contribution >= 0.6 is 0 Å². The maximum Gasteiger partial charge on any atom is 0.194 e. The van der Waals surface area contributed by atoms with E-state index in [1.54, 1.807) is 0 Å². The first-order valence-electron chi connectivity index (χ1n) is 6.40. The van der Waals surface area contributed by atoms with E-state index >= 15 is 0 Å². The Balaban J connectivity index is 2.17. The van der Waals surface area contributed by atoms with Gasteiger partial charge in [-0.15, -0.1) is 0 Å². The first-order chi connectivity index (χ1) is 8.74.